The van der Waals surface area contributed by atoms with Crippen molar-refractivity contribution in [2.45, 2.75) is 16.7 Å². The molecule has 0 aliphatic carbocycles. The minimum Gasteiger partial charge on any atom is -0.398 e. The minimum atomic E-state index is -4.67. The highest BCUT2D eigenvalue weighted by atomic mass is 32.3. The summed E-state index contributed by atoms with van der Waals surface area (Å²) in [6.45, 7) is 1.43. The van der Waals surface area contributed by atoms with E-state index in [1.807, 2.05) is 0 Å². The third kappa shape index (κ3) is 7.35. The van der Waals surface area contributed by atoms with E-state index < -0.39 is 35.2 Å². The summed E-state index contributed by atoms with van der Waals surface area (Å²) in [7, 11) is -12.7. The Kier molecular flexibility index (Phi) is 6.28. The van der Waals surface area contributed by atoms with Crippen LogP contribution in [0.4, 0.5) is 5.69 Å². The Balaban J connectivity index is 0.000000690. The van der Waals surface area contributed by atoms with Crippen LogP contribution in [-0.4, -0.2) is 44.7 Å². The topological polar surface area (TPSA) is 189 Å². The molecule has 0 radical (unpaired) electrons. The Hall–Kier alpha value is -1.25. The molecule has 0 fully saturated rings. The summed E-state index contributed by atoms with van der Waals surface area (Å²) in [5.74, 6) is -0.165. The van der Waals surface area contributed by atoms with Crippen molar-refractivity contribution in [2.24, 2.45) is 0 Å². The van der Waals surface area contributed by atoms with Crippen LogP contribution in [0.1, 0.15) is 6.92 Å². The fourth-order valence-corrected chi connectivity index (χ4v) is 2.72. The van der Waals surface area contributed by atoms with Gasteiger partial charge in [0.15, 0.2) is 9.84 Å². The van der Waals surface area contributed by atoms with Gasteiger partial charge in [0.05, 0.1) is 16.3 Å². The highest BCUT2D eigenvalue weighted by Crippen LogP contribution is 2.22. The maximum atomic E-state index is 11.5. The van der Waals surface area contributed by atoms with Crippen LogP contribution in [0.5, 0.6) is 0 Å². The van der Waals surface area contributed by atoms with Crippen LogP contribution in [0, 0.1) is 0 Å². The SMILES string of the molecule is CCS(=O)(=O)c1ccc(N)c(S(=O)(=O)O)c1.O=S(=O)(O)O. The van der Waals surface area contributed by atoms with Gasteiger partial charge in [-0.05, 0) is 18.2 Å². The first kappa shape index (κ1) is 19.8. The fraction of sp³-hybridized carbons (Fsp3) is 0.250. The van der Waals surface area contributed by atoms with E-state index in [2.05, 4.69) is 0 Å². The molecule has 0 aliphatic rings. The van der Waals surface area contributed by atoms with Gasteiger partial charge in [-0.3, -0.25) is 13.7 Å². The lowest BCUT2D eigenvalue weighted by Gasteiger charge is -2.05. The second kappa shape index (κ2) is 6.67. The molecule has 5 N–H and O–H groups in total. The number of anilines is 1. The van der Waals surface area contributed by atoms with Gasteiger partial charge >= 0.3 is 10.4 Å². The van der Waals surface area contributed by atoms with E-state index in [9.17, 15) is 16.8 Å². The van der Waals surface area contributed by atoms with Gasteiger partial charge in [0.25, 0.3) is 10.1 Å². The molecule has 0 unspecified atom stereocenters. The number of benzene rings is 1. The second-order valence-corrected chi connectivity index (χ2v) is 8.09. The molecule has 122 valence electrons. The monoisotopic (exact) mass is 363 g/mol. The van der Waals surface area contributed by atoms with Crippen molar-refractivity contribution in [3.05, 3.63) is 18.2 Å². The van der Waals surface area contributed by atoms with Gasteiger partial charge in [-0.1, -0.05) is 6.92 Å². The summed E-state index contributed by atoms with van der Waals surface area (Å²) in [5, 5.41) is 0. The summed E-state index contributed by atoms with van der Waals surface area (Å²) in [4.78, 5) is -0.779. The molecule has 21 heavy (non-hydrogen) atoms. The van der Waals surface area contributed by atoms with Gasteiger partial charge in [0.1, 0.15) is 4.90 Å². The predicted molar refractivity (Wildman–Crippen MR) is 72.6 cm³/mol. The zero-order valence-corrected chi connectivity index (χ0v) is 13.0. The highest BCUT2D eigenvalue weighted by Gasteiger charge is 2.19. The van der Waals surface area contributed by atoms with Crippen LogP contribution in [0.3, 0.4) is 0 Å². The van der Waals surface area contributed by atoms with Crippen LogP contribution in [0.2, 0.25) is 0 Å². The number of rotatable bonds is 3. The summed E-state index contributed by atoms with van der Waals surface area (Å²) in [6, 6.07) is 3.18. The van der Waals surface area contributed by atoms with E-state index >= 15 is 0 Å². The molecule has 0 spiro atoms. The molecule has 13 heteroatoms. The first-order valence-corrected chi connectivity index (χ1v) is 9.47. The van der Waals surface area contributed by atoms with Gasteiger partial charge in [0.2, 0.25) is 0 Å². The van der Waals surface area contributed by atoms with Gasteiger partial charge < -0.3 is 5.73 Å². The van der Waals surface area contributed by atoms with Gasteiger partial charge in [-0.25, -0.2) is 8.42 Å². The van der Waals surface area contributed by atoms with Crippen molar-refractivity contribution >= 4 is 36.0 Å². The molecule has 0 saturated heterocycles. The van der Waals surface area contributed by atoms with Crippen molar-refractivity contribution in [3.8, 4) is 0 Å². The summed E-state index contributed by atoms with van der Waals surface area (Å²) in [5.41, 5.74) is 5.13. The molecule has 0 bridgehead atoms. The van der Waals surface area contributed by atoms with Crippen LogP contribution in [0.15, 0.2) is 28.0 Å². The van der Waals surface area contributed by atoms with Crippen molar-refractivity contribution < 1.29 is 38.9 Å². The zero-order chi connectivity index (χ0) is 17.1. The Morgan fingerprint density at radius 2 is 1.43 bits per heavy atom. The third-order valence-corrected chi connectivity index (χ3v) is 4.64. The molecular formula is C8H13NO9S3. The van der Waals surface area contributed by atoms with Crippen LogP contribution >= 0.6 is 0 Å². The maximum Gasteiger partial charge on any atom is 0.394 e. The summed E-state index contributed by atoms with van der Waals surface area (Å²) in [6.07, 6.45) is 0. The average molecular weight is 363 g/mol. The highest BCUT2D eigenvalue weighted by molar-refractivity contribution is 7.91. The molecule has 0 saturated carbocycles. The number of hydrogen-bond donors (Lipinski definition) is 4. The van der Waals surface area contributed by atoms with E-state index in [0.29, 0.717) is 0 Å². The smallest absolute Gasteiger partial charge is 0.394 e. The fourth-order valence-electron chi connectivity index (χ4n) is 1.10. The lowest BCUT2D eigenvalue weighted by atomic mass is 10.3. The molecule has 1 aromatic carbocycles. The van der Waals surface area contributed by atoms with E-state index in [1.54, 1.807) is 0 Å². The minimum absolute atomic E-state index is 0.165. The van der Waals surface area contributed by atoms with Crippen molar-refractivity contribution in [1.29, 1.82) is 0 Å². The summed E-state index contributed by atoms with van der Waals surface area (Å²) >= 11 is 0. The Morgan fingerprint density at radius 1 is 1.00 bits per heavy atom. The zero-order valence-electron chi connectivity index (χ0n) is 10.5. The molecule has 0 amide bonds. The molecule has 0 atom stereocenters. The second-order valence-electron chi connectivity index (χ2n) is 3.53. The molecule has 1 aromatic rings. The standard InChI is InChI=1S/C8H11NO5S2.H2O4S/c1-2-15(10,11)6-3-4-7(9)8(5-6)16(12,13)14;1-5(2,3)4/h3-5H,2,9H2,1H3,(H,12,13,14);(H2,1,2,3,4). The molecule has 0 aliphatic heterocycles. The first-order valence-electron chi connectivity index (χ1n) is 4.98. The quantitative estimate of drug-likeness (QED) is 0.408. The Morgan fingerprint density at radius 3 is 1.76 bits per heavy atom. The van der Waals surface area contributed by atoms with Gasteiger partial charge in [-0.15, -0.1) is 0 Å². The molecule has 1 rings (SSSR count). The van der Waals surface area contributed by atoms with Crippen LogP contribution < -0.4 is 5.73 Å². The number of nitrogens with two attached hydrogens (primary N) is 1. The van der Waals surface area contributed by atoms with Gasteiger partial charge in [0, 0.05) is 0 Å². The van der Waals surface area contributed by atoms with E-state index in [-0.39, 0.29) is 16.3 Å². The maximum absolute atomic E-state index is 11.5. The molecular weight excluding hydrogens is 350 g/mol. The van der Waals surface area contributed by atoms with E-state index in [4.69, 9.17) is 27.8 Å². The van der Waals surface area contributed by atoms with Gasteiger partial charge in [-0.2, -0.15) is 16.8 Å². The number of nitrogen functional groups attached to an aromatic ring is 1. The van der Waals surface area contributed by atoms with Crippen molar-refractivity contribution in [2.75, 3.05) is 11.5 Å². The molecule has 0 aromatic heterocycles. The van der Waals surface area contributed by atoms with Crippen LogP contribution in [-0.2, 0) is 30.4 Å². The van der Waals surface area contributed by atoms with Crippen LogP contribution in [0.25, 0.3) is 0 Å². The van der Waals surface area contributed by atoms with Crippen molar-refractivity contribution in [1.82, 2.24) is 0 Å². The number of hydrogen-bond acceptors (Lipinski definition) is 7. The predicted octanol–water partition coefficient (Wildman–Crippen LogP) is -0.344. The van der Waals surface area contributed by atoms with E-state index in [0.717, 1.165) is 12.1 Å². The summed E-state index contributed by atoms with van der Waals surface area (Å²) < 4.78 is 85.2. The van der Waals surface area contributed by atoms with E-state index in [1.165, 1.54) is 13.0 Å². The third-order valence-electron chi connectivity index (χ3n) is 2.00. The Labute approximate surface area is 121 Å². The average Bonchev–Trinajstić information content (AvgIpc) is 2.25. The lowest BCUT2D eigenvalue weighted by molar-refractivity contribution is 0.381. The number of sulfone groups is 1. The largest absolute Gasteiger partial charge is 0.398 e. The van der Waals surface area contributed by atoms with Crippen molar-refractivity contribution in [3.63, 3.8) is 0 Å². The molecule has 0 heterocycles. The lowest BCUT2D eigenvalue weighted by Crippen LogP contribution is -2.08. The normalized spacial score (nSPS) is 12.4. The molecule has 10 nitrogen and oxygen atoms in total. The first-order chi connectivity index (χ1) is 9.18. The Bertz CT molecular complexity index is 801.